The summed E-state index contributed by atoms with van der Waals surface area (Å²) in [5.41, 5.74) is 0.441. The van der Waals surface area contributed by atoms with Crippen LogP contribution in [0.4, 0.5) is 4.79 Å². The molecule has 0 aliphatic carbocycles. The molecule has 0 unspecified atom stereocenters. The SMILES string of the molecule is C[C@H]1CCCN(C(=O)CN2C(=O)N[C@](Cc3ccccc3)(c3ccccc3)C2=O)C1. The number of urea groups is 1. The van der Waals surface area contributed by atoms with E-state index in [1.807, 2.05) is 60.7 Å². The van der Waals surface area contributed by atoms with Crippen molar-refractivity contribution in [3.05, 3.63) is 71.8 Å². The summed E-state index contributed by atoms with van der Waals surface area (Å²) in [5, 5.41) is 2.92. The highest BCUT2D eigenvalue weighted by molar-refractivity contribution is 6.09. The van der Waals surface area contributed by atoms with Crippen LogP contribution in [0.2, 0.25) is 0 Å². The Morgan fingerprint density at radius 1 is 1.07 bits per heavy atom. The molecular weight excluding hydrogens is 378 g/mol. The monoisotopic (exact) mass is 405 g/mol. The van der Waals surface area contributed by atoms with Crippen molar-refractivity contribution in [1.29, 1.82) is 0 Å². The molecule has 2 aromatic rings. The van der Waals surface area contributed by atoms with Crippen molar-refractivity contribution >= 4 is 17.8 Å². The van der Waals surface area contributed by atoms with Gasteiger partial charge in [0.05, 0.1) is 0 Å². The zero-order chi connectivity index (χ0) is 21.1. The predicted molar refractivity (Wildman–Crippen MR) is 113 cm³/mol. The molecule has 0 radical (unpaired) electrons. The van der Waals surface area contributed by atoms with E-state index >= 15 is 0 Å². The van der Waals surface area contributed by atoms with Gasteiger partial charge in [0, 0.05) is 19.5 Å². The Bertz CT molecular complexity index is 931. The van der Waals surface area contributed by atoms with Gasteiger partial charge in [-0.15, -0.1) is 0 Å². The molecule has 4 amide bonds. The molecule has 2 heterocycles. The standard InChI is InChI=1S/C24H27N3O3/c1-18-9-8-14-26(16-18)21(28)17-27-22(29)24(25-23(27)30,20-12-6-3-7-13-20)15-19-10-4-2-5-11-19/h2-7,10-13,18H,8-9,14-17H2,1H3,(H,25,30)/t18-,24+/m0/s1. The number of amides is 4. The Morgan fingerprint density at radius 3 is 2.40 bits per heavy atom. The van der Waals surface area contributed by atoms with E-state index in [9.17, 15) is 14.4 Å². The fourth-order valence-electron chi connectivity index (χ4n) is 4.46. The van der Waals surface area contributed by atoms with Crippen LogP contribution in [0, 0.1) is 5.92 Å². The van der Waals surface area contributed by atoms with Crippen LogP contribution >= 0.6 is 0 Å². The molecule has 0 bridgehead atoms. The maximum atomic E-state index is 13.6. The Kier molecular flexibility index (Phi) is 5.57. The molecule has 0 spiro atoms. The molecule has 2 fully saturated rings. The van der Waals surface area contributed by atoms with E-state index < -0.39 is 11.6 Å². The third kappa shape index (κ3) is 3.82. The quantitative estimate of drug-likeness (QED) is 0.778. The van der Waals surface area contributed by atoms with E-state index in [0.29, 0.717) is 31.0 Å². The minimum atomic E-state index is -1.21. The van der Waals surface area contributed by atoms with Crippen LogP contribution in [0.1, 0.15) is 30.9 Å². The van der Waals surface area contributed by atoms with Gasteiger partial charge in [0.2, 0.25) is 5.91 Å². The molecule has 2 aromatic carbocycles. The summed E-state index contributed by atoms with van der Waals surface area (Å²) in [7, 11) is 0. The summed E-state index contributed by atoms with van der Waals surface area (Å²) in [5.74, 6) is -0.109. The highest BCUT2D eigenvalue weighted by Crippen LogP contribution is 2.33. The van der Waals surface area contributed by atoms with Gasteiger partial charge in [-0.3, -0.25) is 14.5 Å². The van der Waals surface area contributed by atoms with E-state index in [1.54, 1.807) is 4.90 Å². The second-order valence-electron chi connectivity index (χ2n) is 8.34. The average molecular weight is 405 g/mol. The Labute approximate surface area is 176 Å². The maximum Gasteiger partial charge on any atom is 0.325 e. The Hall–Kier alpha value is -3.15. The summed E-state index contributed by atoms with van der Waals surface area (Å²) in [4.78, 5) is 42.2. The molecule has 0 saturated carbocycles. The van der Waals surface area contributed by atoms with Gasteiger partial charge < -0.3 is 10.2 Å². The number of carbonyl (C=O) groups is 3. The number of piperidine rings is 1. The molecule has 2 aliphatic heterocycles. The number of carbonyl (C=O) groups excluding carboxylic acids is 3. The minimum Gasteiger partial charge on any atom is -0.341 e. The zero-order valence-electron chi connectivity index (χ0n) is 17.2. The Morgan fingerprint density at radius 2 is 1.73 bits per heavy atom. The first-order valence-electron chi connectivity index (χ1n) is 10.5. The summed E-state index contributed by atoms with van der Waals surface area (Å²) in [6.45, 7) is 3.26. The maximum absolute atomic E-state index is 13.6. The number of likely N-dealkylation sites (tertiary alicyclic amines) is 1. The highest BCUT2D eigenvalue weighted by Gasteiger charge is 2.53. The first-order chi connectivity index (χ1) is 14.5. The lowest BCUT2D eigenvalue weighted by Gasteiger charge is -2.32. The number of hydrogen-bond acceptors (Lipinski definition) is 3. The van der Waals surface area contributed by atoms with Crippen LogP contribution in [-0.2, 0) is 21.5 Å². The molecular formula is C24H27N3O3. The van der Waals surface area contributed by atoms with Crippen LogP contribution in [0.25, 0.3) is 0 Å². The van der Waals surface area contributed by atoms with Gasteiger partial charge in [0.25, 0.3) is 5.91 Å². The van der Waals surface area contributed by atoms with E-state index in [0.717, 1.165) is 23.3 Å². The van der Waals surface area contributed by atoms with Crippen LogP contribution in [0.15, 0.2) is 60.7 Å². The normalized spacial score (nSPS) is 24.1. The number of nitrogens with one attached hydrogen (secondary N) is 1. The molecule has 2 aliphatic rings. The van der Waals surface area contributed by atoms with Gasteiger partial charge in [-0.25, -0.2) is 4.79 Å². The predicted octanol–water partition coefficient (Wildman–Crippen LogP) is 2.93. The van der Waals surface area contributed by atoms with Gasteiger partial charge >= 0.3 is 6.03 Å². The van der Waals surface area contributed by atoms with Crippen molar-refractivity contribution in [1.82, 2.24) is 15.1 Å². The zero-order valence-corrected chi connectivity index (χ0v) is 17.2. The van der Waals surface area contributed by atoms with Crippen molar-refractivity contribution in [2.75, 3.05) is 19.6 Å². The van der Waals surface area contributed by atoms with Gasteiger partial charge in [-0.05, 0) is 29.9 Å². The summed E-state index contributed by atoms with van der Waals surface area (Å²) in [6.07, 6.45) is 2.38. The van der Waals surface area contributed by atoms with E-state index in [1.165, 1.54) is 0 Å². The largest absolute Gasteiger partial charge is 0.341 e. The van der Waals surface area contributed by atoms with Crippen molar-refractivity contribution < 1.29 is 14.4 Å². The van der Waals surface area contributed by atoms with Crippen molar-refractivity contribution in [2.45, 2.75) is 31.7 Å². The molecule has 2 atom stereocenters. The molecule has 30 heavy (non-hydrogen) atoms. The fourth-order valence-corrected chi connectivity index (χ4v) is 4.46. The molecule has 2 saturated heterocycles. The first kappa shape index (κ1) is 20.1. The highest BCUT2D eigenvalue weighted by atomic mass is 16.2. The third-order valence-corrected chi connectivity index (χ3v) is 6.06. The number of hydrogen-bond donors (Lipinski definition) is 1. The topological polar surface area (TPSA) is 69.7 Å². The van der Waals surface area contributed by atoms with Gasteiger partial charge in [-0.1, -0.05) is 67.6 Å². The molecule has 4 rings (SSSR count). The lowest BCUT2D eigenvalue weighted by Crippen LogP contribution is -2.48. The molecule has 0 aromatic heterocycles. The average Bonchev–Trinajstić information content (AvgIpc) is 3.00. The minimum absolute atomic E-state index is 0.173. The van der Waals surface area contributed by atoms with Crippen molar-refractivity contribution in [3.8, 4) is 0 Å². The summed E-state index contributed by atoms with van der Waals surface area (Å²) < 4.78 is 0. The smallest absolute Gasteiger partial charge is 0.325 e. The van der Waals surface area contributed by atoms with Crippen LogP contribution in [0.5, 0.6) is 0 Å². The third-order valence-electron chi connectivity index (χ3n) is 6.06. The van der Waals surface area contributed by atoms with Gasteiger partial charge in [0.15, 0.2) is 5.54 Å². The van der Waals surface area contributed by atoms with E-state index in [-0.39, 0.29) is 18.4 Å². The molecule has 1 N–H and O–H groups in total. The number of imide groups is 1. The van der Waals surface area contributed by atoms with Crippen molar-refractivity contribution in [2.24, 2.45) is 5.92 Å². The van der Waals surface area contributed by atoms with Crippen LogP contribution < -0.4 is 5.32 Å². The van der Waals surface area contributed by atoms with Crippen LogP contribution in [-0.4, -0.2) is 47.3 Å². The Balaban J connectivity index is 1.61. The molecule has 6 nitrogen and oxygen atoms in total. The lowest BCUT2D eigenvalue weighted by atomic mass is 9.83. The summed E-state index contributed by atoms with van der Waals surface area (Å²) >= 11 is 0. The van der Waals surface area contributed by atoms with E-state index in [4.69, 9.17) is 0 Å². The second kappa shape index (κ2) is 8.30. The van der Waals surface area contributed by atoms with Gasteiger partial charge in [-0.2, -0.15) is 0 Å². The lowest BCUT2D eigenvalue weighted by molar-refractivity contribution is -0.140. The molecule has 156 valence electrons. The van der Waals surface area contributed by atoms with Gasteiger partial charge in [0.1, 0.15) is 6.54 Å². The number of nitrogens with zero attached hydrogens (tertiary/aromatic N) is 2. The molecule has 6 heteroatoms. The van der Waals surface area contributed by atoms with Crippen LogP contribution in [0.3, 0.4) is 0 Å². The number of rotatable bonds is 5. The summed E-state index contributed by atoms with van der Waals surface area (Å²) in [6, 6.07) is 18.4. The van der Waals surface area contributed by atoms with E-state index in [2.05, 4.69) is 12.2 Å². The second-order valence-corrected chi connectivity index (χ2v) is 8.34. The number of benzene rings is 2. The fraction of sp³-hybridized carbons (Fsp3) is 0.375. The van der Waals surface area contributed by atoms with Crippen molar-refractivity contribution in [3.63, 3.8) is 0 Å². The first-order valence-corrected chi connectivity index (χ1v) is 10.5.